The van der Waals surface area contributed by atoms with Crippen LogP contribution in [0.3, 0.4) is 0 Å². The summed E-state index contributed by atoms with van der Waals surface area (Å²) in [5.74, 6) is 0.490. The second-order valence-electron chi connectivity index (χ2n) is 7.69. The molecule has 0 unspecified atom stereocenters. The third-order valence-corrected chi connectivity index (χ3v) is 6.40. The quantitative estimate of drug-likeness (QED) is 0.186. The molecule has 0 aliphatic heterocycles. The number of halogens is 2. The molecule has 0 radical (unpaired) electrons. The number of carbonyl (C=O) groups is 1. The van der Waals surface area contributed by atoms with E-state index in [1.807, 2.05) is 72.1 Å². The van der Waals surface area contributed by atoms with Crippen LogP contribution in [0.1, 0.15) is 5.56 Å². The first-order valence-electron chi connectivity index (χ1n) is 10.6. The van der Waals surface area contributed by atoms with Crippen LogP contribution in [0, 0.1) is 0 Å². The van der Waals surface area contributed by atoms with Gasteiger partial charge in [0.05, 0.1) is 12.0 Å². The van der Waals surface area contributed by atoms with Gasteiger partial charge in [-0.1, -0.05) is 47.1 Å². The molecule has 3 aromatic carbocycles. The fraction of sp³-hybridized carbons (Fsp3) is 0.120. The molecule has 0 aliphatic carbocycles. The Morgan fingerprint density at radius 3 is 2.23 bits per heavy atom. The average molecular weight is 525 g/mol. The second kappa shape index (κ2) is 11.4. The van der Waals surface area contributed by atoms with Crippen molar-refractivity contribution in [3.63, 3.8) is 0 Å². The molecule has 178 valence electrons. The predicted octanol–water partition coefficient (Wildman–Crippen LogP) is 5.55. The van der Waals surface area contributed by atoms with Crippen molar-refractivity contribution in [3.05, 3.63) is 88.4 Å². The lowest BCUT2D eigenvalue weighted by Crippen LogP contribution is -2.20. The highest BCUT2D eigenvalue weighted by molar-refractivity contribution is 7.99. The molecule has 1 aromatic heterocycles. The van der Waals surface area contributed by atoms with Crippen LogP contribution in [0.5, 0.6) is 0 Å². The van der Waals surface area contributed by atoms with E-state index in [4.69, 9.17) is 23.2 Å². The Bertz CT molecular complexity index is 1320. The third-order valence-electron chi connectivity index (χ3n) is 4.97. The van der Waals surface area contributed by atoms with Gasteiger partial charge in [0, 0.05) is 41.1 Å². The fourth-order valence-corrected chi connectivity index (χ4v) is 4.17. The maximum atomic E-state index is 12.4. The summed E-state index contributed by atoms with van der Waals surface area (Å²) >= 11 is 13.4. The van der Waals surface area contributed by atoms with Gasteiger partial charge in [0.15, 0.2) is 11.0 Å². The molecule has 1 N–H and O–H groups in total. The van der Waals surface area contributed by atoms with E-state index in [1.54, 1.807) is 30.5 Å². The van der Waals surface area contributed by atoms with Crippen molar-refractivity contribution in [2.24, 2.45) is 5.10 Å². The molecule has 10 heteroatoms. The number of thioether (sulfide) groups is 1. The van der Waals surface area contributed by atoms with Gasteiger partial charge in [-0.25, -0.2) is 5.43 Å². The summed E-state index contributed by atoms with van der Waals surface area (Å²) in [5.41, 5.74) is 6.21. The van der Waals surface area contributed by atoms with E-state index in [9.17, 15) is 4.79 Å². The maximum Gasteiger partial charge on any atom is 0.250 e. The number of hydrogen-bond donors (Lipinski definition) is 1. The van der Waals surface area contributed by atoms with E-state index < -0.39 is 0 Å². The number of hydrazone groups is 1. The van der Waals surface area contributed by atoms with Crippen LogP contribution in [-0.4, -0.2) is 46.7 Å². The number of benzene rings is 3. The van der Waals surface area contributed by atoms with Gasteiger partial charge in [0.25, 0.3) is 5.91 Å². The SMILES string of the molecule is CN(C)c1ccc(/C=N\NC(=O)CSc2nnc(-c3ccc(Cl)cc3)n2-c2ccc(Cl)cc2)cc1. The minimum absolute atomic E-state index is 0.114. The number of anilines is 1. The van der Waals surface area contributed by atoms with Gasteiger partial charge in [-0.05, 0) is 66.2 Å². The normalized spacial score (nSPS) is 11.1. The Morgan fingerprint density at radius 1 is 0.971 bits per heavy atom. The molecule has 0 bridgehead atoms. The van der Waals surface area contributed by atoms with Gasteiger partial charge in [-0.2, -0.15) is 5.10 Å². The molecule has 1 amide bonds. The first kappa shape index (κ1) is 24.8. The lowest BCUT2D eigenvalue weighted by atomic mass is 10.2. The minimum atomic E-state index is -0.255. The highest BCUT2D eigenvalue weighted by atomic mass is 35.5. The summed E-state index contributed by atoms with van der Waals surface area (Å²) in [6.45, 7) is 0. The Kier molecular flexibility index (Phi) is 8.07. The number of aromatic nitrogens is 3. The molecule has 0 saturated carbocycles. The van der Waals surface area contributed by atoms with Gasteiger partial charge >= 0.3 is 0 Å². The highest BCUT2D eigenvalue weighted by Crippen LogP contribution is 2.29. The van der Waals surface area contributed by atoms with Crippen molar-refractivity contribution in [2.75, 3.05) is 24.7 Å². The first-order chi connectivity index (χ1) is 16.9. The predicted molar refractivity (Wildman–Crippen MR) is 144 cm³/mol. The zero-order valence-corrected chi connectivity index (χ0v) is 21.3. The van der Waals surface area contributed by atoms with E-state index in [0.29, 0.717) is 21.0 Å². The number of nitrogens with one attached hydrogen (secondary N) is 1. The number of amides is 1. The van der Waals surface area contributed by atoms with E-state index in [1.165, 1.54) is 11.8 Å². The maximum absolute atomic E-state index is 12.4. The fourth-order valence-electron chi connectivity index (χ4n) is 3.17. The zero-order valence-electron chi connectivity index (χ0n) is 19.0. The summed E-state index contributed by atoms with van der Waals surface area (Å²) < 4.78 is 1.88. The number of hydrogen-bond acceptors (Lipinski definition) is 6. The van der Waals surface area contributed by atoms with Gasteiger partial charge in [-0.3, -0.25) is 9.36 Å². The van der Waals surface area contributed by atoms with Crippen LogP contribution >= 0.6 is 35.0 Å². The Morgan fingerprint density at radius 2 is 1.60 bits per heavy atom. The highest BCUT2D eigenvalue weighted by Gasteiger charge is 2.17. The van der Waals surface area contributed by atoms with Crippen molar-refractivity contribution >= 4 is 52.8 Å². The summed E-state index contributed by atoms with van der Waals surface area (Å²) in [5, 5.41) is 14.6. The standard InChI is InChI=1S/C25H22Cl2N6OS/c1-32(2)21-11-3-17(4-12-21)15-28-29-23(34)16-35-25-31-30-24(18-5-7-19(26)8-6-18)33(25)22-13-9-20(27)10-14-22/h3-15H,16H2,1-2H3,(H,29,34)/b28-15-. The molecule has 1 heterocycles. The zero-order chi connectivity index (χ0) is 24.8. The molecule has 0 fully saturated rings. The Labute approximate surface area is 217 Å². The summed E-state index contributed by atoms with van der Waals surface area (Å²) in [4.78, 5) is 14.4. The summed E-state index contributed by atoms with van der Waals surface area (Å²) in [6, 6.07) is 22.5. The monoisotopic (exact) mass is 524 g/mol. The van der Waals surface area contributed by atoms with Gasteiger partial charge < -0.3 is 4.90 Å². The van der Waals surface area contributed by atoms with Crippen LogP contribution in [0.4, 0.5) is 5.69 Å². The van der Waals surface area contributed by atoms with Crippen molar-refractivity contribution in [1.82, 2.24) is 20.2 Å². The van der Waals surface area contributed by atoms with Crippen LogP contribution in [0.15, 0.2) is 83.1 Å². The van der Waals surface area contributed by atoms with Crippen molar-refractivity contribution < 1.29 is 4.79 Å². The molecular weight excluding hydrogens is 503 g/mol. The van der Waals surface area contributed by atoms with Crippen molar-refractivity contribution in [3.8, 4) is 17.1 Å². The molecular formula is C25H22Cl2N6OS. The molecule has 0 aliphatic rings. The van der Waals surface area contributed by atoms with E-state index >= 15 is 0 Å². The molecule has 0 atom stereocenters. The number of carbonyl (C=O) groups excluding carboxylic acids is 1. The Hall–Kier alpha value is -3.33. The third kappa shape index (κ3) is 6.42. The number of rotatable bonds is 8. The topological polar surface area (TPSA) is 75.4 Å². The summed E-state index contributed by atoms with van der Waals surface area (Å²) in [6.07, 6.45) is 1.61. The van der Waals surface area contributed by atoms with Crippen molar-refractivity contribution in [1.29, 1.82) is 0 Å². The lowest BCUT2D eigenvalue weighted by molar-refractivity contribution is -0.118. The van der Waals surface area contributed by atoms with Crippen LogP contribution in [-0.2, 0) is 4.79 Å². The molecule has 0 saturated heterocycles. The number of nitrogens with zero attached hydrogens (tertiary/aromatic N) is 5. The molecule has 4 aromatic rings. The van der Waals surface area contributed by atoms with Crippen molar-refractivity contribution in [2.45, 2.75) is 5.16 Å². The van der Waals surface area contributed by atoms with Gasteiger partial charge in [0.2, 0.25) is 0 Å². The summed E-state index contributed by atoms with van der Waals surface area (Å²) in [7, 11) is 3.96. The van der Waals surface area contributed by atoms with Crippen LogP contribution in [0.2, 0.25) is 10.0 Å². The average Bonchev–Trinajstić information content (AvgIpc) is 3.28. The lowest BCUT2D eigenvalue weighted by Gasteiger charge is -2.11. The smallest absolute Gasteiger partial charge is 0.250 e. The molecule has 7 nitrogen and oxygen atoms in total. The second-order valence-corrected chi connectivity index (χ2v) is 9.51. The molecule has 4 rings (SSSR count). The van der Waals surface area contributed by atoms with E-state index in [0.717, 1.165) is 22.5 Å². The first-order valence-corrected chi connectivity index (χ1v) is 12.3. The van der Waals surface area contributed by atoms with Crippen LogP contribution in [0.25, 0.3) is 17.1 Å². The largest absolute Gasteiger partial charge is 0.378 e. The van der Waals surface area contributed by atoms with Gasteiger partial charge in [0.1, 0.15) is 0 Å². The minimum Gasteiger partial charge on any atom is -0.378 e. The van der Waals surface area contributed by atoms with Gasteiger partial charge in [-0.15, -0.1) is 10.2 Å². The molecule has 0 spiro atoms. The van der Waals surface area contributed by atoms with E-state index in [-0.39, 0.29) is 11.7 Å². The Balaban J connectivity index is 1.47. The van der Waals surface area contributed by atoms with Crippen LogP contribution < -0.4 is 10.3 Å². The van der Waals surface area contributed by atoms with E-state index in [2.05, 4.69) is 20.7 Å². The molecule has 35 heavy (non-hydrogen) atoms.